The van der Waals surface area contributed by atoms with Crippen molar-refractivity contribution in [1.82, 2.24) is 0 Å². The molecule has 98 valence electrons. The Morgan fingerprint density at radius 3 is 2.39 bits per heavy atom. The molecule has 0 saturated carbocycles. The SMILES string of the molecule is CC(=O)OCC(=O)Nc1ccc(OC(F)F)cc1. The Balaban J connectivity index is 2.48. The molecule has 0 fully saturated rings. The zero-order valence-electron chi connectivity index (χ0n) is 9.48. The predicted octanol–water partition coefficient (Wildman–Crippen LogP) is 1.79. The van der Waals surface area contributed by atoms with Gasteiger partial charge in [-0.2, -0.15) is 8.78 Å². The summed E-state index contributed by atoms with van der Waals surface area (Å²) in [6.07, 6.45) is 0. The third kappa shape index (κ3) is 5.24. The largest absolute Gasteiger partial charge is 0.456 e. The van der Waals surface area contributed by atoms with Crippen molar-refractivity contribution in [1.29, 1.82) is 0 Å². The minimum atomic E-state index is -2.89. The summed E-state index contributed by atoms with van der Waals surface area (Å²) in [5.74, 6) is -1.10. The number of nitrogens with one attached hydrogen (secondary N) is 1. The number of amides is 1. The number of ether oxygens (including phenoxy) is 2. The van der Waals surface area contributed by atoms with Gasteiger partial charge in [-0.1, -0.05) is 0 Å². The van der Waals surface area contributed by atoms with Gasteiger partial charge >= 0.3 is 12.6 Å². The number of carbonyl (C=O) groups excluding carboxylic acids is 2. The van der Waals surface area contributed by atoms with E-state index in [1.54, 1.807) is 0 Å². The first-order valence-corrected chi connectivity index (χ1v) is 4.95. The normalized spacial score (nSPS) is 10.0. The zero-order chi connectivity index (χ0) is 13.5. The summed E-state index contributed by atoms with van der Waals surface area (Å²) in [5, 5.41) is 2.42. The highest BCUT2D eigenvalue weighted by atomic mass is 19.3. The lowest BCUT2D eigenvalue weighted by Gasteiger charge is -2.07. The Hall–Kier alpha value is -2.18. The molecule has 1 N–H and O–H groups in total. The minimum Gasteiger partial charge on any atom is -0.456 e. The highest BCUT2D eigenvalue weighted by Gasteiger charge is 2.06. The Morgan fingerprint density at radius 1 is 1.28 bits per heavy atom. The van der Waals surface area contributed by atoms with Gasteiger partial charge in [0.05, 0.1) is 0 Å². The van der Waals surface area contributed by atoms with Crippen molar-refractivity contribution in [2.45, 2.75) is 13.5 Å². The molecule has 0 bridgehead atoms. The quantitative estimate of drug-likeness (QED) is 0.819. The van der Waals surface area contributed by atoms with E-state index < -0.39 is 25.1 Å². The molecule has 0 aliphatic heterocycles. The predicted molar refractivity (Wildman–Crippen MR) is 58.3 cm³/mol. The number of anilines is 1. The van der Waals surface area contributed by atoms with Crippen LogP contribution in [0.4, 0.5) is 14.5 Å². The van der Waals surface area contributed by atoms with E-state index in [0.29, 0.717) is 5.69 Å². The van der Waals surface area contributed by atoms with E-state index in [1.807, 2.05) is 0 Å². The molecule has 0 radical (unpaired) electrons. The fraction of sp³-hybridized carbons (Fsp3) is 0.273. The molecule has 0 saturated heterocycles. The number of carbonyl (C=O) groups is 2. The van der Waals surface area contributed by atoms with E-state index in [0.717, 1.165) is 0 Å². The van der Waals surface area contributed by atoms with Gasteiger partial charge in [-0.3, -0.25) is 9.59 Å². The van der Waals surface area contributed by atoms with Crippen molar-refractivity contribution in [3.8, 4) is 5.75 Å². The highest BCUT2D eigenvalue weighted by Crippen LogP contribution is 2.17. The van der Waals surface area contributed by atoms with Gasteiger partial charge in [0.25, 0.3) is 5.91 Å². The van der Waals surface area contributed by atoms with Crippen LogP contribution in [-0.2, 0) is 14.3 Å². The van der Waals surface area contributed by atoms with Gasteiger partial charge in [-0.25, -0.2) is 0 Å². The standard InChI is InChI=1S/C11H11F2NO4/c1-7(15)17-6-10(16)14-8-2-4-9(5-3-8)18-11(12)13/h2-5,11H,6H2,1H3,(H,14,16). The van der Waals surface area contributed by atoms with Gasteiger partial charge in [-0.05, 0) is 24.3 Å². The van der Waals surface area contributed by atoms with Crippen molar-refractivity contribution >= 4 is 17.6 Å². The van der Waals surface area contributed by atoms with Crippen LogP contribution in [0.25, 0.3) is 0 Å². The average molecular weight is 259 g/mol. The summed E-state index contributed by atoms with van der Waals surface area (Å²) in [5.41, 5.74) is 0.383. The first-order chi connectivity index (χ1) is 8.47. The third-order valence-electron chi connectivity index (χ3n) is 1.77. The monoisotopic (exact) mass is 259 g/mol. The van der Waals surface area contributed by atoms with Crippen LogP contribution < -0.4 is 10.1 Å². The van der Waals surface area contributed by atoms with E-state index in [1.165, 1.54) is 31.2 Å². The summed E-state index contributed by atoms with van der Waals surface area (Å²) in [6, 6.07) is 5.36. The first kappa shape index (κ1) is 13.9. The lowest BCUT2D eigenvalue weighted by molar-refractivity contribution is -0.144. The average Bonchev–Trinajstić information content (AvgIpc) is 2.28. The van der Waals surface area contributed by atoms with Crippen LogP contribution in [0.15, 0.2) is 24.3 Å². The van der Waals surface area contributed by atoms with E-state index in [4.69, 9.17) is 0 Å². The van der Waals surface area contributed by atoms with Gasteiger partial charge in [-0.15, -0.1) is 0 Å². The van der Waals surface area contributed by atoms with Crippen LogP contribution >= 0.6 is 0 Å². The molecule has 7 heteroatoms. The van der Waals surface area contributed by atoms with Crippen LogP contribution in [0.1, 0.15) is 6.92 Å². The molecule has 1 rings (SSSR count). The number of halogens is 2. The summed E-state index contributed by atoms with van der Waals surface area (Å²) in [4.78, 5) is 21.7. The number of rotatable bonds is 5. The van der Waals surface area contributed by atoms with Crippen molar-refractivity contribution in [2.24, 2.45) is 0 Å². The molecule has 1 aromatic carbocycles. The van der Waals surface area contributed by atoms with Gasteiger partial charge in [0.15, 0.2) is 6.61 Å². The first-order valence-electron chi connectivity index (χ1n) is 4.95. The Kier molecular flexibility index (Phi) is 5.04. The van der Waals surface area contributed by atoms with Gasteiger partial charge < -0.3 is 14.8 Å². The summed E-state index contributed by atoms with van der Waals surface area (Å²) < 4.78 is 32.3. The Morgan fingerprint density at radius 2 is 1.89 bits per heavy atom. The van der Waals surface area contributed by atoms with Crippen LogP contribution in [0.2, 0.25) is 0 Å². The topological polar surface area (TPSA) is 64.6 Å². The molecule has 0 atom stereocenters. The van der Waals surface area contributed by atoms with Gasteiger partial charge in [0, 0.05) is 12.6 Å². The number of hydrogen-bond acceptors (Lipinski definition) is 4. The molecule has 0 spiro atoms. The Labute approximate surface area is 102 Å². The molecule has 1 aromatic rings. The fourth-order valence-corrected chi connectivity index (χ4v) is 1.08. The summed E-state index contributed by atoms with van der Waals surface area (Å²) in [6.45, 7) is -2.11. The van der Waals surface area contributed by atoms with Gasteiger partial charge in [0.2, 0.25) is 0 Å². The van der Waals surface area contributed by atoms with Crippen LogP contribution in [0.3, 0.4) is 0 Å². The molecular weight excluding hydrogens is 248 g/mol. The molecule has 5 nitrogen and oxygen atoms in total. The minimum absolute atomic E-state index is 0.0111. The maximum absolute atomic E-state index is 11.9. The zero-order valence-corrected chi connectivity index (χ0v) is 9.48. The lowest BCUT2D eigenvalue weighted by atomic mass is 10.3. The van der Waals surface area contributed by atoms with E-state index >= 15 is 0 Å². The second-order valence-corrected chi connectivity index (χ2v) is 3.23. The van der Waals surface area contributed by atoms with Crippen molar-refractivity contribution in [3.63, 3.8) is 0 Å². The van der Waals surface area contributed by atoms with Gasteiger partial charge in [0.1, 0.15) is 5.75 Å². The third-order valence-corrected chi connectivity index (χ3v) is 1.77. The number of esters is 1. The molecule has 0 aliphatic rings. The number of benzene rings is 1. The van der Waals surface area contributed by atoms with E-state index in [2.05, 4.69) is 14.8 Å². The van der Waals surface area contributed by atoms with E-state index in [-0.39, 0.29) is 5.75 Å². The number of hydrogen-bond donors (Lipinski definition) is 1. The van der Waals surface area contributed by atoms with Crippen molar-refractivity contribution in [2.75, 3.05) is 11.9 Å². The number of alkyl halides is 2. The Bertz CT molecular complexity index is 420. The maximum Gasteiger partial charge on any atom is 0.387 e. The highest BCUT2D eigenvalue weighted by molar-refractivity contribution is 5.92. The summed E-state index contributed by atoms with van der Waals surface area (Å²) in [7, 11) is 0. The molecule has 0 unspecified atom stereocenters. The summed E-state index contributed by atoms with van der Waals surface area (Å²) >= 11 is 0. The molecule has 18 heavy (non-hydrogen) atoms. The second-order valence-electron chi connectivity index (χ2n) is 3.23. The van der Waals surface area contributed by atoms with Crippen molar-refractivity contribution in [3.05, 3.63) is 24.3 Å². The van der Waals surface area contributed by atoms with Crippen molar-refractivity contribution < 1.29 is 27.8 Å². The smallest absolute Gasteiger partial charge is 0.387 e. The molecule has 0 aliphatic carbocycles. The van der Waals surface area contributed by atoms with E-state index in [9.17, 15) is 18.4 Å². The van der Waals surface area contributed by atoms with Crippen LogP contribution in [0, 0.1) is 0 Å². The second kappa shape index (κ2) is 6.53. The molecule has 1 amide bonds. The maximum atomic E-state index is 11.9. The molecule has 0 aromatic heterocycles. The van der Waals surface area contributed by atoms with Crippen LogP contribution in [0.5, 0.6) is 5.75 Å². The molecule has 0 heterocycles. The molecular formula is C11H11F2NO4. The van der Waals surface area contributed by atoms with Crippen LogP contribution in [-0.4, -0.2) is 25.1 Å². The fourth-order valence-electron chi connectivity index (χ4n) is 1.08. The lowest BCUT2D eigenvalue weighted by Crippen LogP contribution is -2.19.